The Hall–Kier alpha value is -1.98. The van der Waals surface area contributed by atoms with Crippen LogP contribution in [0.3, 0.4) is 0 Å². The molecule has 1 saturated carbocycles. The molecule has 2 aromatic rings. The van der Waals surface area contributed by atoms with Crippen LogP contribution in [0.2, 0.25) is 0 Å². The zero-order valence-corrected chi connectivity index (χ0v) is 16.9. The number of rotatable bonds is 6. The second kappa shape index (κ2) is 7.37. The summed E-state index contributed by atoms with van der Waals surface area (Å²) in [5.74, 6) is 2.72. The summed E-state index contributed by atoms with van der Waals surface area (Å²) >= 11 is 0. The van der Waals surface area contributed by atoms with Gasteiger partial charge < -0.3 is 9.47 Å². The molecule has 3 atom stereocenters. The Morgan fingerprint density at radius 1 is 1.10 bits per heavy atom. The molecule has 1 aromatic carbocycles. The molecule has 5 nitrogen and oxygen atoms in total. The fourth-order valence-corrected chi connectivity index (χ4v) is 5.30. The monoisotopic (exact) mass is 391 g/mol. The molecule has 3 unspecified atom stereocenters. The fraction of sp³-hybridized carbons (Fsp3) is 0.583. The van der Waals surface area contributed by atoms with Crippen LogP contribution in [0.1, 0.15) is 73.1 Å². The maximum Gasteiger partial charge on any atom is 0.131 e. The topological polar surface area (TPSA) is 47.5 Å². The van der Waals surface area contributed by atoms with Crippen molar-refractivity contribution < 1.29 is 9.47 Å². The average molecular weight is 392 g/mol. The summed E-state index contributed by atoms with van der Waals surface area (Å²) in [6, 6.07) is 9.55. The maximum atomic E-state index is 6.20. The van der Waals surface area contributed by atoms with E-state index in [-0.39, 0.29) is 6.10 Å². The lowest BCUT2D eigenvalue weighted by molar-refractivity contribution is 0.0669. The van der Waals surface area contributed by atoms with Gasteiger partial charge in [-0.25, -0.2) is 9.97 Å². The Morgan fingerprint density at radius 2 is 2.03 bits per heavy atom. The molecule has 4 aliphatic rings. The van der Waals surface area contributed by atoms with Gasteiger partial charge in [0.25, 0.3) is 0 Å². The van der Waals surface area contributed by atoms with E-state index in [1.807, 2.05) is 0 Å². The van der Waals surface area contributed by atoms with Crippen molar-refractivity contribution in [1.29, 1.82) is 0 Å². The molecule has 1 aliphatic carbocycles. The van der Waals surface area contributed by atoms with Gasteiger partial charge in [0.15, 0.2) is 0 Å². The summed E-state index contributed by atoms with van der Waals surface area (Å²) in [7, 11) is 0. The number of aromatic nitrogens is 2. The minimum Gasteiger partial charge on any atom is -0.491 e. The fourth-order valence-electron chi connectivity index (χ4n) is 5.30. The van der Waals surface area contributed by atoms with Crippen molar-refractivity contribution in [2.24, 2.45) is 0 Å². The van der Waals surface area contributed by atoms with Crippen LogP contribution in [0.15, 0.2) is 30.5 Å². The molecule has 2 bridgehead atoms. The van der Waals surface area contributed by atoms with Crippen molar-refractivity contribution in [3.63, 3.8) is 0 Å². The Balaban J connectivity index is 1.21. The highest BCUT2D eigenvalue weighted by molar-refractivity contribution is 5.35. The average Bonchev–Trinajstić information content (AvgIpc) is 3.40. The molecular weight excluding hydrogens is 362 g/mol. The third-order valence-corrected chi connectivity index (χ3v) is 7.07. The largest absolute Gasteiger partial charge is 0.491 e. The lowest BCUT2D eigenvalue weighted by Crippen LogP contribution is -2.37. The van der Waals surface area contributed by atoms with Crippen molar-refractivity contribution in [1.82, 2.24) is 14.9 Å². The molecule has 0 N–H and O–H groups in total. The Bertz CT molecular complexity index is 891. The third kappa shape index (κ3) is 3.44. The van der Waals surface area contributed by atoms with E-state index >= 15 is 0 Å². The van der Waals surface area contributed by atoms with Gasteiger partial charge in [0.05, 0.1) is 11.8 Å². The van der Waals surface area contributed by atoms with Gasteiger partial charge in [-0.05, 0) is 44.6 Å². The Morgan fingerprint density at radius 3 is 2.90 bits per heavy atom. The lowest BCUT2D eigenvalue weighted by atomic mass is 9.98. The summed E-state index contributed by atoms with van der Waals surface area (Å²) in [6.07, 6.45) is 10.7. The van der Waals surface area contributed by atoms with Gasteiger partial charge in [-0.3, -0.25) is 4.90 Å². The molecule has 2 saturated heterocycles. The minimum atomic E-state index is 0.249. The van der Waals surface area contributed by atoms with Gasteiger partial charge in [0.2, 0.25) is 0 Å². The number of ether oxygens (including phenoxy) is 2. The summed E-state index contributed by atoms with van der Waals surface area (Å²) in [6.45, 7) is 2.46. The quantitative estimate of drug-likeness (QED) is 0.739. The molecule has 3 aliphatic heterocycles. The summed E-state index contributed by atoms with van der Waals surface area (Å²) < 4.78 is 11.9. The first-order valence-electron chi connectivity index (χ1n) is 11.3. The molecule has 29 heavy (non-hydrogen) atoms. The molecular formula is C24H29N3O2. The van der Waals surface area contributed by atoms with E-state index in [0.717, 1.165) is 44.0 Å². The molecule has 0 radical (unpaired) electrons. The van der Waals surface area contributed by atoms with Gasteiger partial charge in [-0.1, -0.05) is 18.2 Å². The summed E-state index contributed by atoms with van der Waals surface area (Å²) in [5, 5.41) is 0. The zero-order valence-electron chi connectivity index (χ0n) is 16.9. The van der Waals surface area contributed by atoms with E-state index in [0.29, 0.717) is 24.6 Å². The van der Waals surface area contributed by atoms with Gasteiger partial charge in [0.1, 0.15) is 18.2 Å². The number of benzene rings is 1. The molecule has 5 heteroatoms. The lowest BCUT2D eigenvalue weighted by Gasteiger charge is -2.36. The number of nitrogens with zero attached hydrogens (tertiary/aromatic N) is 3. The number of hydrogen-bond acceptors (Lipinski definition) is 5. The zero-order chi connectivity index (χ0) is 19.2. The number of para-hydroxylation sites is 1. The van der Waals surface area contributed by atoms with Crippen LogP contribution in [0.5, 0.6) is 5.75 Å². The van der Waals surface area contributed by atoms with Crippen molar-refractivity contribution >= 4 is 0 Å². The third-order valence-electron chi connectivity index (χ3n) is 7.07. The van der Waals surface area contributed by atoms with Crippen LogP contribution in [0, 0.1) is 0 Å². The predicted molar refractivity (Wildman–Crippen MR) is 110 cm³/mol. The van der Waals surface area contributed by atoms with Gasteiger partial charge in [-0.15, -0.1) is 0 Å². The molecule has 4 heterocycles. The van der Waals surface area contributed by atoms with E-state index < -0.39 is 0 Å². The highest BCUT2D eigenvalue weighted by Gasteiger charge is 2.41. The molecule has 6 rings (SSSR count). The van der Waals surface area contributed by atoms with Crippen LogP contribution < -0.4 is 4.74 Å². The molecule has 0 spiro atoms. The van der Waals surface area contributed by atoms with Crippen LogP contribution >= 0.6 is 0 Å². The first-order valence-corrected chi connectivity index (χ1v) is 11.3. The van der Waals surface area contributed by atoms with Crippen molar-refractivity contribution in [3.05, 3.63) is 53.1 Å². The second-order valence-electron chi connectivity index (χ2n) is 9.08. The predicted octanol–water partition coefficient (Wildman–Crippen LogP) is 4.17. The molecule has 1 aromatic heterocycles. The Kier molecular flexibility index (Phi) is 4.53. The van der Waals surface area contributed by atoms with E-state index in [1.165, 1.54) is 42.5 Å². The van der Waals surface area contributed by atoms with E-state index in [4.69, 9.17) is 19.4 Å². The SMILES string of the molecule is c1ccc(OCC2CCCO2)c(CN2C3CCC2c2cnc(C4CC4)nc2C3)c1. The van der Waals surface area contributed by atoms with E-state index in [9.17, 15) is 0 Å². The van der Waals surface area contributed by atoms with Crippen LogP contribution in [0.25, 0.3) is 0 Å². The molecule has 3 fully saturated rings. The standard InChI is InChI=1S/C24H29N3O2/c1-2-6-23(29-15-19-5-3-11-28-19)17(4-1)14-27-18-9-10-22(27)20-13-25-24(16-7-8-16)26-21(20)12-18/h1-2,4,6,13,16,18-19,22H,3,5,7-12,14-15H2. The van der Waals surface area contributed by atoms with Crippen molar-refractivity contribution in [2.45, 2.75) is 75.6 Å². The number of hydrogen-bond donors (Lipinski definition) is 0. The smallest absolute Gasteiger partial charge is 0.131 e. The van der Waals surface area contributed by atoms with Gasteiger partial charge in [-0.2, -0.15) is 0 Å². The van der Waals surface area contributed by atoms with Crippen LogP contribution in [0.4, 0.5) is 0 Å². The van der Waals surface area contributed by atoms with Crippen molar-refractivity contribution in [2.75, 3.05) is 13.2 Å². The number of fused-ring (bicyclic) bond motifs is 4. The molecule has 152 valence electrons. The first-order chi connectivity index (χ1) is 14.3. The van der Waals surface area contributed by atoms with Gasteiger partial charge in [0, 0.05) is 54.9 Å². The maximum absolute atomic E-state index is 6.20. The summed E-state index contributed by atoms with van der Waals surface area (Å²) in [4.78, 5) is 12.4. The van der Waals surface area contributed by atoms with Gasteiger partial charge >= 0.3 is 0 Å². The minimum absolute atomic E-state index is 0.249. The second-order valence-corrected chi connectivity index (χ2v) is 9.08. The normalized spacial score (nSPS) is 28.5. The summed E-state index contributed by atoms with van der Waals surface area (Å²) in [5.41, 5.74) is 3.95. The highest BCUT2D eigenvalue weighted by Crippen LogP contribution is 2.45. The highest BCUT2D eigenvalue weighted by atomic mass is 16.5. The van der Waals surface area contributed by atoms with Crippen LogP contribution in [-0.4, -0.2) is 40.2 Å². The van der Waals surface area contributed by atoms with E-state index in [2.05, 4.69) is 35.4 Å². The Labute approximate surface area is 172 Å². The van der Waals surface area contributed by atoms with Crippen molar-refractivity contribution in [3.8, 4) is 5.75 Å². The van der Waals surface area contributed by atoms with Crippen LogP contribution in [-0.2, 0) is 17.7 Å². The van der Waals surface area contributed by atoms with E-state index in [1.54, 1.807) is 0 Å². The molecule has 0 amide bonds. The first kappa shape index (κ1) is 17.8.